The second kappa shape index (κ2) is 12.2. The summed E-state index contributed by atoms with van der Waals surface area (Å²) in [4.78, 5) is 27.2. The van der Waals surface area contributed by atoms with Crippen molar-refractivity contribution in [2.75, 3.05) is 14.1 Å². The maximum Gasteiger partial charge on any atom is 0.338 e. The second-order valence-electron chi connectivity index (χ2n) is 10.5. The number of carbonyl (C=O) groups excluding carboxylic acids is 2. The quantitative estimate of drug-likeness (QED) is 0.478. The average Bonchev–Trinajstić information content (AvgIpc) is 2.83. The molecule has 0 radical (unpaired) electrons. The van der Waals surface area contributed by atoms with Crippen molar-refractivity contribution >= 4 is 18.0 Å². The van der Waals surface area contributed by atoms with Crippen LogP contribution in [-0.2, 0) is 16.1 Å². The van der Waals surface area contributed by atoms with Crippen LogP contribution in [0, 0.1) is 0 Å². The molecular formula is C30H40N2O3. The molecule has 1 saturated carbocycles. The fraction of sp³-hybridized carbons (Fsp3) is 0.467. The van der Waals surface area contributed by atoms with Crippen LogP contribution in [0.1, 0.15) is 85.8 Å². The molecule has 0 aliphatic heterocycles. The summed E-state index contributed by atoms with van der Waals surface area (Å²) in [7, 11) is 3.86. The number of hydrogen-bond donors (Lipinski definition) is 1. The average molecular weight is 477 g/mol. The number of hydrogen-bond acceptors (Lipinski definition) is 4. The van der Waals surface area contributed by atoms with Gasteiger partial charge in [-0.1, -0.05) is 48.6 Å². The zero-order chi connectivity index (χ0) is 25.4. The van der Waals surface area contributed by atoms with E-state index in [1.807, 2.05) is 94.4 Å². The van der Waals surface area contributed by atoms with Gasteiger partial charge in [0.05, 0.1) is 5.56 Å². The Balaban J connectivity index is 1.59. The first-order valence-corrected chi connectivity index (χ1v) is 12.7. The Morgan fingerprint density at radius 3 is 2.37 bits per heavy atom. The lowest BCUT2D eigenvalue weighted by atomic mass is 9.79. The summed E-state index contributed by atoms with van der Waals surface area (Å²) in [6.45, 7) is 6.35. The topological polar surface area (TPSA) is 58.6 Å². The molecule has 0 aromatic heterocycles. The van der Waals surface area contributed by atoms with E-state index in [4.69, 9.17) is 4.74 Å². The minimum absolute atomic E-state index is 0.165. The molecule has 1 aliphatic carbocycles. The van der Waals surface area contributed by atoms with Gasteiger partial charge >= 0.3 is 5.97 Å². The van der Waals surface area contributed by atoms with Gasteiger partial charge < -0.3 is 15.0 Å². The van der Waals surface area contributed by atoms with E-state index in [1.54, 1.807) is 0 Å². The van der Waals surface area contributed by atoms with Crippen molar-refractivity contribution in [3.05, 3.63) is 76.9 Å². The molecular weight excluding hydrogens is 436 g/mol. The van der Waals surface area contributed by atoms with Gasteiger partial charge in [0.2, 0.25) is 5.91 Å². The van der Waals surface area contributed by atoms with Gasteiger partial charge in [0.1, 0.15) is 5.60 Å². The number of nitrogens with zero attached hydrogens (tertiary/aromatic N) is 1. The predicted octanol–water partition coefficient (Wildman–Crippen LogP) is 5.95. The van der Waals surface area contributed by atoms with E-state index in [2.05, 4.69) is 11.4 Å². The van der Waals surface area contributed by atoms with Crippen molar-refractivity contribution in [2.24, 2.45) is 0 Å². The van der Waals surface area contributed by atoms with Gasteiger partial charge in [-0.2, -0.15) is 0 Å². The lowest BCUT2D eigenvalue weighted by molar-refractivity contribution is -0.131. The highest BCUT2D eigenvalue weighted by molar-refractivity contribution is 5.90. The number of carbonyl (C=O) groups is 2. The Kier molecular flexibility index (Phi) is 9.27. The normalized spacial score (nSPS) is 18.4. The molecule has 2 aromatic carbocycles. The SMILES string of the molecule is CNCc1cc(C(=O)OC(C)(C)C)ccc1C1CCC(N(C)C(=O)CC=Cc2ccccc2)CC1. The van der Waals surface area contributed by atoms with Gasteiger partial charge in [-0.25, -0.2) is 4.79 Å². The van der Waals surface area contributed by atoms with Crippen molar-refractivity contribution < 1.29 is 14.3 Å². The Labute approximate surface area is 210 Å². The van der Waals surface area contributed by atoms with Crippen LogP contribution in [0.25, 0.3) is 6.08 Å². The molecule has 5 nitrogen and oxygen atoms in total. The zero-order valence-electron chi connectivity index (χ0n) is 21.8. The van der Waals surface area contributed by atoms with Gasteiger partial charge in [-0.15, -0.1) is 0 Å². The number of rotatable bonds is 8. The molecule has 0 bridgehead atoms. The molecule has 1 aliphatic rings. The molecule has 1 N–H and O–H groups in total. The first kappa shape index (κ1) is 26.7. The van der Waals surface area contributed by atoms with Crippen LogP contribution in [0.5, 0.6) is 0 Å². The fourth-order valence-corrected chi connectivity index (χ4v) is 4.79. The van der Waals surface area contributed by atoms with E-state index in [9.17, 15) is 9.59 Å². The van der Waals surface area contributed by atoms with Crippen LogP contribution in [0.15, 0.2) is 54.6 Å². The summed E-state index contributed by atoms with van der Waals surface area (Å²) in [6, 6.07) is 16.3. The third kappa shape index (κ3) is 7.79. The van der Waals surface area contributed by atoms with Gasteiger partial charge in [0.15, 0.2) is 0 Å². The van der Waals surface area contributed by atoms with Gasteiger partial charge in [-0.3, -0.25) is 4.79 Å². The summed E-state index contributed by atoms with van der Waals surface area (Å²) in [5.41, 5.74) is 3.63. The molecule has 5 heteroatoms. The summed E-state index contributed by atoms with van der Waals surface area (Å²) < 4.78 is 5.56. The summed E-state index contributed by atoms with van der Waals surface area (Å²) >= 11 is 0. The molecule has 188 valence electrons. The number of benzene rings is 2. The van der Waals surface area contributed by atoms with E-state index >= 15 is 0 Å². The molecule has 35 heavy (non-hydrogen) atoms. The standard InChI is InChI=1S/C30H40N2O3/c1-30(2,3)35-29(34)24-16-19-27(25(20-24)21-31-4)23-14-17-26(18-15-23)32(5)28(33)13-9-12-22-10-7-6-8-11-22/h6-12,16,19-20,23,26,31H,13-15,17-18,21H2,1-5H3. The van der Waals surface area contributed by atoms with Crippen molar-refractivity contribution in [1.29, 1.82) is 0 Å². The molecule has 0 unspecified atom stereocenters. The van der Waals surface area contributed by atoms with Crippen molar-refractivity contribution in [1.82, 2.24) is 10.2 Å². The second-order valence-corrected chi connectivity index (χ2v) is 10.5. The summed E-state index contributed by atoms with van der Waals surface area (Å²) in [5, 5.41) is 3.24. The first-order chi connectivity index (χ1) is 16.7. The van der Waals surface area contributed by atoms with Gasteiger partial charge in [0, 0.05) is 26.1 Å². The molecule has 1 fully saturated rings. The van der Waals surface area contributed by atoms with Gasteiger partial charge in [-0.05, 0) is 88.2 Å². The maximum absolute atomic E-state index is 12.7. The van der Waals surface area contributed by atoms with Crippen molar-refractivity contribution in [3.8, 4) is 0 Å². The van der Waals surface area contributed by atoms with E-state index < -0.39 is 5.60 Å². The minimum atomic E-state index is -0.516. The van der Waals surface area contributed by atoms with E-state index in [0.29, 0.717) is 24.4 Å². The monoisotopic (exact) mass is 476 g/mol. The molecule has 0 saturated heterocycles. The van der Waals surface area contributed by atoms with Crippen LogP contribution in [0.4, 0.5) is 0 Å². The van der Waals surface area contributed by atoms with E-state index in [1.165, 1.54) is 5.56 Å². The van der Waals surface area contributed by atoms with E-state index in [0.717, 1.165) is 36.8 Å². The lowest BCUT2D eigenvalue weighted by Gasteiger charge is -2.35. The summed E-state index contributed by atoms with van der Waals surface area (Å²) in [5.74, 6) is 0.313. The molecule has 1 amide bonds. The zero-order valence-corrected chi connectivity index (χ0v) is 21.8. The highest BCUT2D eigenvalue weighted by Gasteiger charge is 2.28. The molecule has 0 spiro atoms. The summed E-state index contributed by atoms with van der Waals surface area (Å²) in [6.07, 6.45) is 8.42. The van der Waals surface area contributed by atoms with E-state index in [-0.39, 0.29) is 17.9 Å². The predicted molar refractivity (Wildman–Crippen MR) is 142 cm³/mol. The molecule has 0 atom stereocenters. The Hall–Kier alpha value is -2.92. The highest BCUT2D eigenvalue weighted by Crippen LogP contribution is 2.36. The number of amides is 1. The number of nitrogens with one attached hydrogen (secondary N) is 1. The third-order valence-corrected chi connectivity index (χ3v) is 6.62. The molecule has 0 heterocycles. The van der Waals surface area contributed by atoms with Gasteiger partial charge in [0.25, 0.3) is 0 Å². The maximum atomic E-state index is 12.7. The first-order valence-electron chi connectivity index (χ1n) is 12.7. The molecule has 2 aromatic rings. The number of ether oxygens (including phenoxy) is 1. The molecule has 3 rings (SSSR count). The largest absolute Gasteiger partial charge is 0.456 e. The van der Waals surface area contributed by atoms with Crippen LogP contribution in [0.3, 0.4) is 0 Å². The van der Waals surface area contributed by atoms with Crippen LogP contribution < -0.4 is 5.32 Å². The minimum Gasteiger partial charge on any atom is -0.456 e. The van der Waals surface area contributed by atoms with Crippen molar-refractivity contribution in [3.63, 3.8) is 0 Å². The highest BCUT2D eigenvalue weighted by atomic mass is 16.6. The Morgan fingerprint density at radius 2 is 1.74 bits per heavy atom. The van der Waals surface area contributed by atoms with Crippen LogP contribution in [0.2, 0.25) is 0 Å². The third-order valence-electron chi connectivity index (χ3n) is 6.62. The Bertz CT molecular complexity index is 1020. The fourth-order valence-electron chi connectivity index (χ4n) is 4.79. The van der Waals surface area contributed by atoms with Crippen molar-refractivity contribution in [2.45, 2.75) is 77.0 Å². The smallest absolute Gasteiger partial charge is 0.338 e. The van der Waals surface area contributed by atoms with Crippen LogP contribution in [-0.4, -0.2) is 42.5 Å². The Morgan fingerprint density at radius 1 is 1.06 bits per heavy atom. The lowest BCUT2D eigenvalue weighted by Crippen LogP contribution is -2.39. The van der Waals surface area contributed by atoms with Crippen LogP contribution >= 0.6 is 0 Å². The number of esters is 1.